The van der Waals surface area contributed by atoms with Crippen molar-refractivity contribution in [2.24, 2.45) is 0 Å². The summed E-state index contributed by atoms with van der Waals surface area (Å²) in [4.78, 5) is 14.0. The molecule has 0 amide bonds. The first kappa shape index (κ1) is 11.9. The van der Waals surface area contributed by atoms with Gasteiger partial charge in [-0.05, 0) is 45.2 Å². The number of hydrogen-bond acceptors (Lipinski definition) is 4. The minimum Gasteiger partial charge on any atom is -0.468 e. The van der Waals surface area contributed by atoms with E-state index in [4.69, 9.17) is 4.74 Å². The zero-order valence-electron chi connectivity index (χ0n) is 10.1. The highest BCUT2D eigenvalue weighted by Crippen LogP contribution is 2.20. The third kappa shape index (κ3) is 3.46. The fraction of sp³-hybridized carbons (Fsp3) is 0.917. The van der Waals surface area contributed by atoms with Gasteiger partial charge < -0.3 is 15.0 Å². The third-order valence-corrected chi connectivity index (χ3v) is 3.43. The lowest BCUT2D eigenvalue weighted by Gasteiger charge is -2.20. The topological polar surface area (TPSA) is 41.6 Å². The van der Waals surface area contributed by atoms with Crippen LogP contribution < -0.4 is 5.32 Å². The van der Waals surface area contributed by atoms with E-state index in [-0.39, 0.29) is 12.0 Å². The molecule has 16 heavy (non-hydrogen) atoms. The number of nitrogens with one attached hydrogen (secondary N) is 1. The normalized spacial score (nSPS) is 23.3. The van der Waals surface area contributed by atoms with Gasteiger partial charge >= 0.3 is 5.97 Å². The second-order valence-electron chi connectivity index (χ2n) is 4.85. The average molecular weight is 226 g/mol. The van der Waals surface area contributed by atoms with Crippen LogP contribution in [0.1, 0.15) is 32.1 Å². The molecular formula is C12H22N2O2. The molecule has 1 N–H and O–H groups in total. The summed E-state index contributed by atoms with van der Waals surface area (Å²) in [6, 6.07) is 0.459. The minimum absolute atomic E-state index is 0.0990. The van der Waals surface area contributed by atoms with Crippen molar-refractivity contribution >= 4 is 5.97 Å². The predicted octanol–water partition coefficient (Wildman–Crippen LogP) is 0.766. The van der Waals surface area contributed by atoms with Crippen molar-refractivity contribution < 1.29 is 9.53 Å². The summed E-state index contributed by atoms with van der Waals surface area (Å²) >= 11 is 0. The van der Waals surface area contributed by atoms with Crippen LogP contribution in [0.2, 0.25) is 0 Å². The quantitative estimate of drug-likeness (QED) is 0.679. The van der Waals surface area contributed by atoms with Crippen molar-refractivity contribution in [1.29, 1.82) is 0 Å². The number of methoxy groups -OCH3 is 1. The number of ether oxygens (including phenoxy) is 1. The second-order valence-corrected chi connectivity index (χ2v) is 4.85. The Bertz CT molecular complexity index is 235. The molecule has 92 valence electrons. The van der Waals surface area contributed by atoms with E-state index in [0.29, 0.717) is 6.04 Å². The van der Waals surface area contributed by atoms with Gasteiger partial charge in [-0.3, -0.25) is 4.79 Å². The molecule has 0 aromatic heterocycles. The zero-order chi connectivity index (χ0) is 11.4. The fourth-order valence-corrected chi connectivity index (χ4v) is 2.26. The predicted molar refractivity (Wildman–Crippen MR) is 62.3 cm³/mol. The van der Waals surface area contributed by atoms with E-state index in [1.807, 2.05) is 0 Å². The van der Waals surface area contributed by atoms with Crippen LogP contribution in [0.4, 0.5) is 0 Å². The Morgan fingerprint density at radius 1 is 1.44 bits per heavy atom. The third-order valence-electron chi connectivity index (χ3n) is 3.43. The first-order chi connectivity index (χ1) is 7.79. The molecule has 1 saturated carbocycles. The summed E-state index contributed by atoms with van der Waals surface area (Å²) in [5.41, 5.74) is 0. The van der Waals surface area contributed by atoms with E-state index < -0.39 is 0 Å². The van der Waals surface area contributed by atoms with Crippen molar-refractivity contribution in [3.8, 4) is 0 Å². The van der Waals surface area contributed by atoms with Crippen LogP contribution in [0, 0.1) is 0 Å². The van der Waals surface area contributed by atoms with E-state index in [2.05, 4.69) is 10.2 Å². The van der Waals surface area contributed by atoms with Crippen molar-refractivity contribution in [3.63, 3.8) is 0 Å². The van der Waals surface area contributed by atoms with Gasteiger partial charge in [-0.2, -0.15) is 0 Å². The number of hydrogen-bond donors (Lipinski definition) is 1. The molecule has 1 aliphatic heterocycles. The summed E-state index contributed by atoms with van der Waals surface area (Å²) < 4.78 is 4.84. The molecule has 1 unspecified atom stereocenters. The first-order valence-electron chi connectivity index (χ1n) is 6.36. The minimum atomic E-state index is -0.105. The smallest absolute Gasteiger partial charge is 0.322 e. The zero-order valence-corrected chi connectivity index (χ0v) is 10.1. The molecule has 4 nitrogen and oxygen atoms in total. The number of likely N-dealkylation sites (tertiary alicyclic amines) is 1. The Morgan fingerprint density at radius 2 is 2.12 bits per heavy atom. The SMILES string of the molecule is COC(=O)C(CCN1CCCC1)NC1CC1. The molecule has 1 heterocycles. The highest BCUT2D eigenvalue weighted by molar-refractivity contribution is 5.75. The van der Waals surface area contributed by atoms with Gasteiger partial charge in [0.15, 0.2) is 0 Å². The summed E-state index contributed by atoms with van der Waals surface area (Å²) in [5, 5.41) is 3.36. The number of carbonyl (C=O) groups is 1. The monoisotopic (exact) mass is 226 g/mol. The maximum Gasteiger partial charge on any atom is 0.322 e. The largest absolute Gasteiger partial charge is 0.468 e. The van der Waals surface area contributed by atoms with Crippen LogP contribution in [0.5, 0.6) is 0 Å². The van der Waals surface area contributed by atoms with E-state index in [1.165, 1.54) is 45.9 Å². The van der Waals surface area contributed by atoms with Gasteiger partial charge in [-0.25, -0.2) is 0 Å². The standard InChI is InChI=1S/C12H22N2O2/c1-16-12(15)11(13-10-4-5-10)6-9-14-7-2-3-8-14/h10-11,13H,2-9H2,1H3. The lowest BCUT2D eigenvalue weighted by atomic mass is 10.2. The van der Waals surface area contributed by atoms with Gasteiger partial charge in [0, 0.05) is 12.6 Å². The number of esters is 1. The van der Waals surface area contributed by atoms with E-state index in [9.17, 15) is 4.79 Å². The maximum atomic E-state index is 11.6. The average Bonchev–Trinajstić information content (AvgIpc) is 2.97. The Hall–Kier alpha value is -0.610. The van der Waals surface area contributed by atoms with Gasteiger partial charge in [0.2, 0.25) is 0 Å². The highest BCUT2D eigenvalue weighted by atomic mass is 16.5. The number of nitrogens with zero attached hydrogens (tertiary/aromatic N) is 1. The molecule has 4 heteroatoms. The highest BCUT2D eigenvalue weighted by Gasteiger charge is 2.29. The van der Waals surface area contributed by atoms with Crippen molar-refractivity contribution in [3.05, 3.63) is 0 Å². The lowest BCUT2D eigenvalue weighted by Crippen LogP contribution is -2.41. The molecule has 0 radical (unpaired) electrons. The van der Waals surface area contributed by atoms with Crippen LogP contribution in [-0.4, -0.2) is 49.7 Å². The molecule has 0 aromatic rings. The molecular weight excluding hydrogens is 204 g/mol. The summed E-state index contributed by atoms with van der Waals surface area (Å²) in [6.45, 7) is 3.40. The van der Waals surface area contributed by atoms with Crippen molar-refractivity contribution in [2.75, 3.05) is 26.7 Å². The molecule has 0 aromatic carbocycles. The Kier molecular flexibility index (Phi) is 4.18. The molecule has 1 aliphatic carbocycles. The number of carbonyl (C=O) groups excluding carboxylic acids is 1. The maximum absolute atomic E-state index is 11.6. The van der Waals surface area contributed by atoms with Gasteiger partial charge in [0.05, 0.1) is 7.11 Å². The van der Waals surface area contributed by atoms with Crippen molar-refractivity contribution in [2.45, 2.75) is 44.2 Å². The van der Waals surface area contributed by atoms with Gasteiger partial charge in [-0.1, -0.05) is 0 Å². The molecule has 2 fully saturated rings. The van der Waals surface area contributed by atoms with Crippen LogP contribution in [-0.2, 0) is 9.53 Å². The van der Waals surface area contributed by atoms with Crippen LogP contribution in [0.25, 0.3) is 0 Å². The molecule has 0 spiro atoms. The second kappa shape index (κ2) is 5.64. The lowest BCUT2D eigenvalue weighted by molar-refractivity contribution is -0.143. The molecule has 2 aliphatic rings. The van der Waals surface area contributed by atoms with E-state index >= 15 is 0 Å². The Balaban J connectivity index is 1.73. The van der Waals surface area contributed by atoms with Gasteiger partial charge in [0.25, 0.3) is 0 Å². The van der Waals surface area contributed by atoms with Crippen LogP contribution in [0.15, 0.2) is 0 Å². The number of rotatable bonds is 6. The fourth-order valence-electron chi connectivity index (χ4n) is 2.26. The summed E-state index contributed by atoms with van der Waals surface area (Å²) in [6.07, 6.45) is 5.90. The Morgan fingerprint density at radius 3 is 2.69 bits per heavy atom. The van der Waals surface area contributed by atoms with Gasteiger partial charge in [0.1, 0.15) is 6.04 Å². The molecule has 1 atom stereocenters. The van der Waals surface area contributed by atoms with E-state index in [0.717, 1.165) is 13.0 Å². The van der Waals surface area contributed by atoms with Crippen molar-refractivity contribution in [1.82, 2.24) is 10.2 Å². The van der Waals surface area contributed by atoms with Crippen LogP contribution in [0.3, 0.4) is 0 Å². The summed E-state index contributed by atoms with van der Waals surface area (Å²) in [7, 11) is 1.47. The first-order valence-corrected chi connectivity index (χ1v) is 6.36. The molecule has 0 bridgehead atoms. The molecule has 2 rings (SSSR count). The van der Waals surface area contributed by atoms with Crippen LogP contribution >= 0.6 is 0 Å². The van der Waals surface area contributed by atoms with Gasteiger partial charge in [-0.15, -0.1) is 0 Å². The Labute approximate surface area is 97.3 Å². The summed E-state index contributed by atoms with van der Waals surface area (Å²) in [5.74, 6) is -0.105. The molecule has 1 saturated heterocycles. The van der Waals surface area contributed by atoms with E-state index in [1.54, 1.807) is 0 Å².